The van der Waals surface area contributed by atoms with E-state index in [9.17, 15) is 9.59 Å². The second-order valence-corrected chi connectivity index (χ2v) is 4.24. The summed E-state index contributed by atoms with van der Waals surface area (Å²) < 4.78 is 0. The highest BCUT2D eigenvalue weighted by molar-refractivity contribution is 5.83. The van der Waals surface area contributed by atoms with Crippen molar-refractivity contribution >= 4 is 11.9 Å². The lowest BCUT2D eigenvalue weighted by Gasteiger charge is -2.22. The fourth-order valence-electron chi connectivity index (χ4n) is 1.36. The van der Waals surface area contributed by atoms with E-state index in [1.165, 1.54) is 18.9 Å². The number of carboxylic acid groups (broad SMARTS) is 1. The van der Waals surface area contributed by atoms with Gasteiger partial charge in [0.25, 0.3) is 0 Å². The zero-order valence-electron chi connectivity index (χ0n) is 10.3. The fraction of sp³-hybridized carbons (Fsp3) is 0.818. The molecule has 0 radical (unpaired) electrons. The van der Waals surface area contributed by atoms with Crippen LogP contribution in [0.1, 0.15) is 33.1 Å². The van der Waals surface area contributed by atoms with E-state index in [0.717, 1.165) is 12.8 Å². The molecule has 0 rings (SSSR count). The van der Waals surface area contributed by atoms with Crippen LogP contribution in [0.4, 0.5) is 0 Å². The monoisotopic (exact) mass is 230 g/mol. The molecule has 0 saturated carbocycles. The number of hydrogen-bond acceptors (Lipinski definition) is 3. The van der Waals surface area contributed by atoms with E-state index in [0.29, 0.717) is 18.9 Å². The van der Waals surface area contributed by atoms with E-state index >= 15 is 0 Å². The molecule has 0 bridgehead atoms. The summed E-state index contributed by atoms with van der Waals surface area (Å²) >= 11 is 0. The van der Waals surface area contributed by atoms with Crippen LogP contribution >= 0.6 is 0 Å². The SMILES string of the molecule is CC(CCN)CCC(=O)N(C)C(C)C(=O)O. The maximum atomic E-state index is 11.6. The van der Waals surface area contributed by atoms with E-state index in [2.05, 4.69) is 0 Å². The van der Waals surface area contributed by atoms with E-state index in [-0.39, 0.29) is 5.91 Å². The summed E-state index contributed by atoms with van der Waals surface area (Å²) in [6.07, 6.45) is 2.04. The minimum Gasteiger partial charge on any atom is -0.480 e. The lowest BCUT2D eigenvalue weighted by molar-refractivity contribution is -0.148. The first-order valence-electron chi connectivity index (χ1n) is 5.58. The second-order valence-electron chi connectivity index (χ2n) is 4.24. The van der Waals surface area contributed by atoms with Crippen molar-refractivity contribution in [2.45, 2.75) is 39.2 Å². The van der Waals surface area contributed by atoms with Gasteiger partial charge in [-0.3, -0.25) is 4.79 Å². The Labute approximate surface area is 96.6 Å². The van der Waals surface area contributed by atoms with Crippen molar-refractivity contribution in [2.24, 2.45) is 11.7 Å². The maximum absolute atomic E-state index is 11.6. The minimum absolute atomic E-state index is 0.126. The largest absolute Gasteiger partial charge is 0.480 e. The molecule has 2 atom stereocenters. The number of rotatable bonds is 7. The Bertz CT molecular complexity index is 243. The second kappa shape index (κ2) is 7.22. The lowest BCUT2D eigenvalue weighted by atomic mass is 10.0. The highest BCUT2D eigenvalue weighted by atomic mass is 16.4. The molecule has 16 heavy (non-hydrogen) atoms. The van der Waals surface area contributed by atoms with Crippen LogP contribution in [0.2, 0.25) is 0 Å². The van der Waals surface area contributed by atoms with Gasteiger partial charge in [-0.05, 0) is 32.2 Å². The van der Waals surface area contributed by atoms with E-state index < -0.39 is 12.0 Å². The predicted molar refractivity (Wildman–Crippen MR) is 61.9 cm³/mol. The number of aliphatic carboxylic acids is 1. The fourth-order valence-corrected chi connectivity index (χ4v) is 1.36. The normalized spacial score (nSPS) is 14.2. The lowest BCUT2D eigenvalue weighted by Crippen LogP contribution is -2.40. The first-order chi connectivity index (χ1) is 7.40. The summed E-state index contributed by atoms with van der Waals surface area (Å²) in [5, 5.41) is 8.75. The molecule has 0 aromatic rings. The van der Waals surface area contributed by atoms with Gasteiger partial charge in [-0.25, -0.2) is 4.79 Å². The summed E-state index contributed by atoms with van der Waals surface area (Å²) in [7, 11) is 1.52. The summed E-state index contributed by atoms with van der Waals surface area (Å²) in [6, 6.07) is -0.766. The van der Waals surface area contributed by atoms with Gasteiger partial charge in [0.2, 0.25) is 5.91 Å². The van der Waals surface area contributed by atoms with Crippen LogP contribution in [0.5, 0.6) is 0 Å². The Kier molecular flexibility index (Phi) is 6.72. The van der Waals surface area contributed by atoms with Gasteiger partial charge >= 0.3 is 5.97 Å². The standard InChI is InChI=1S/C11H22N2O3/c1-8(6-7-12)4-5-10(14)13(3)9(2)11(15)16/h8-9H,4-7,12H2,1-3H3,(H,15,16). The number of carbonyl (C=O) groups excluding carboxylic acids is 1. The maximum Gasteiger partial charge on any atom is 0.326 e. The number of likely N-dealkylation sites (N-methyl/N-ethyl adjacent to an activating group) is 1. The highest BCUT2D eigenvalue weighted by Gasteiger charge is 2.21. The Hall–Kier alpha value is -1.10. The molecule has 1 amide bonds. The number of nitrogens with two attached hydrogens (primary N) is 1. The Morgan fingerprint density at radius 1 is 1.31 bits per heavy atom. The number of carbonyl (C=O) groups is 2. The summed E-state index contributed by atoms with van der Waals surface area (Å²) in [5.41, 5.74) is 5.41. The van der Waals surface area contributed by atoms with E-state index in [1.807, 2.05) is 6.92 Å². The average molecular weight is 230 g/mol. The van der Waals surface area contributed by atoms with Crippen molar-refractivity contribution in [2.75, 3.05) is 13.6 Å². The number of amides is 1. The Morgan fingerprint density at radius 2 is 1.88 bits per heavy atom. The Balaban J connectivity index is 4.01. The van der Waals surface area contributed by atoms with Crippen molar-refractivity contribution in [3.05, 3.63) is 0 Å². The van der Waals surface area contributed by atoms with Crippen LogP contribution in [0.15, 0.2) is 0 Å². The van der Waals surface area contributed by atoms with Crippen LogP contribution in [0, 0.1) is 5.92 Å². The quantitative estimate of drug-likeness (QED) is 0.673. The molecule has 0 fully saturated rings. The first kappa shape index (κ1) is 14.9. The smallest absolute Gasteiger partial charge is 0.326 e. The molecule has 0 spiro atoms. The molecule has 2 unspecified atom stereocenters. The van der Waals surface area contributed by atoms with Crippen molar-refractivity contribution in [1.29, 1.82) is 0 Å². The van der Waals surface area contributed by atoms with Crippen LogP contribution < -0.4 is 5.73 Å². The molecule has 0 saturated heterocycles. The topological polar surface area (TPSA) is 83.6 Å². The molecular formula is C11H22N2O3. The van der Waals surface area contributed by atoms with Gasteiger partial charge in [0, 0.05) is 13.5 Å². The molecule has 0 aliphatic heterocycles. The Morgan fingerprint density at radius 3 is 2.31 bits per heavy atom. The number of carboxylic acids is 1. The zero-order valence-corrected chi connectivity index (χ0v) is 10.3. The van der Waals surface area contributed by atoms with Crippen LogP contribution in [0.25, 0.3) is 0 Å². The van der Waals surface area contributed by atoms with Gasteiger partial charge in [0.05, 0.1) is 0 Å². The van der Waals surface area contributed by atoms with Crippen LogP contribution in [-0.4, -0.2) is 41.5 Å². The molecular weight excluding hydrogens is 208 g/mol. The number of hydrogen-bond donors (Lipinski definition) is 2. The van der Waals surface area contributed by atoms with Gasteiger partial charge < -0.3 is 15.7 Å². The molecule has 0 aromatic heterocycles. The molecule has 3 N–H and O–H groups in total. The average Bonchev–Trinajstić information content (AvgIpc) is 2.24. The van der Waals surface area contributed by atoms with Crippen molar-refractivity contribution < 1.29 is 14.7 Å². The van der Waals surface area contributed by atoms with Crippen molar-refractivity contribution in [1.82, 2.24) is 4.90 Å². The van der Waals surface area contributed by atoms with Gasteiger partial charge in [-0.1, -0.05) is 6.92 Å². The molecule has 0 aliphatic rings. The summed E-state index contributed by atoms with van der Waals surface area (Å²) in [4.78, 5) is 23.6. The molecule has 5 nitrogen and oxygen atoms in total. The third kappa shape index (κ3) is 5.11. The molecule has 5 heteroatoms. The van der Waals surface area contributed by atoms with Gasteiger partial charge in [-0.15, -0.1) is 0 Å². The highest BCUT2D eigenvalue weighted by Crippen LogP contribution is 2.11. The van der Waals surface area contributed by atoms with Gasteiger partial charge in [0.1, 0.15) is 6.04 Å². The van der Waals surface area contributed by atoms with E-state index in [1.54, 1.807) is 0 Å². The number of nitrogens with zero attached hydrogens (tertiary/aromatic N) is 1. The molecule has 0 heterocycles. The van der Waals surface area contributed by atoms with E-state index in [4.69, 9.17) is 10.8 Å². The van der Waals surface area contributed by atoms with Crippen molar-refractivity contribution in [3.63, 3.8) is 0 Å². The molecule has 0 aliphatic carbocycles. The molecule has 94 valence electrons. The van der Waals surface area contributed by atoms with Crippen LogP contribution in [0.3, 0.4) is 0 Å². The first-order valence-corrected chi connectivity index (χ1v) is 5.58. The third-order valence-corrected chi connectivity index (χ3v) is 2.84. The summed E-state index contributed by atoms with van der Waals surface area (Å²) in [5.74, 6) is -0.702. The predicted octanol–water partition coefficient (Wildman–Crippen LogP) is 0.683. The minimum atomic E-state index is -0.981. The van der Waals surface area contributed by atoms with Gasteiger partial charge in [-0.2, -0.15) is 0 Å². The van der Waals surface area contributed by atoms with Crippen molar-refractivity contribution in [3.8, 4) is 0 Å². The summed E-state index contributed by atoms with van der Waals surface area (Å²) in [6.45, 7) is 4.17. The zero-order chi connectivity index (χ0) is 12.7. The van der Waals surface area contributed by atoms with Gasteiger partial charge in [0.15, 0.2) is 0 Å². The third-order valence-electron chi connectivity index (χ3n) is 2.84. The van der Waals surface area contributed by atoms with Crippen LogP contribution in [-0.2, 0) is 9.59 Å². The molecule has 0 aromatic carbocycles.